The Kier molecular flexibility index (Phi) is 4.61. The summed E-state index contributed by atoms with van der Waals surface area (Å²) in [5, 5.41) is 0. The lowest BCUT2D eigenvalue weighted by Gasteiger charge is -2.22. The standard InChI is InChI=1S/C15H22/c1-5-9-14-12(7-3)11-13(8-4)15(14)10-6-2/h5-8,12-15H,1-4,9-11H2. The Morgan fingerprint density at radius 2 is 1.20 bits per heavy atom. The summed E-state index contributed by atoms with van der Waals surface area (Å²) in [5.74, 6) is 2.61. The van der Waals surface area contributed by atoms with Crippen LogP contribution >= 0.6 is 0 Å². The van der Waals surface area contributed by atoms with Crippen molar-refractivity contribution in [3.8, 4) is 0 Å². The second-order valence-electron chi connectivity index (χ2n) is 4.41. The van der Waals surface area contributed by atoms with E-state index >= 15 is 0 Å². The predicted octanol–water partition coefficient (Wildman–Crippen LogP) is 4.38. The summed E-state index contributed by atoms with van der Waals surface area (Å²) in [6.07, 6.45) is 11.6. The van der Waals surface area contributed by atoms with Crippen LogP contribution in [0.3, 0.4) is 0 Å². The van der Waals surface area contributed by atoms with Crippen molar-refractivity contribution in [2.75, 3.05) is 0 Å². The van der Waals surface area contributed by atoms with E-state index in [0.717, 1.165) is 12.8 Å². The fourth-order valence-electron chi connectivity index (χ4n) is 2.92. The third-order valence-electron chi connectivity index (χ3n) is 3.68. The molecule has 0 aromatic heterocycles. The first kappa shape index (κ1) is 12.0. The zero-order valence-electron chi connectivity index (χ0n) is 9.57. The Hall–Kier alpha value is -1.04. The van der Waals surface area contributed by atoms with Crippen molar-refractivity contribution in [3.63, 3.8) is 0 Å². The van der Waals surface area contributed by atoms with E-state index in [0.29, 0.717) is 23.7 Å². The summed E-state index contributed by atoms with van der Waals surface area (Å²) >= 11 is 0. The minimum absolute atomic E-state index is 0.621. The van der Waals surface area contributed by atoms with E-state index in [2.05, 4.69) is 38.5 Å². The van der Waals surface area contributed by atoms with E-state index < -0.39 is 0 Å². The average Bonchev–Trinajstić information content (AvgIpc) is 2.58. The summed E-state index contributed by atoms with van der Waals surface area (Å²) in [6, 6.07) is 0. The molecular weight excluding hydrogens is 180 g/mol. The minimum Gasteiger partial charge on any atom is -0.103 e. The van der Waals surface area contributed by atoms with Gasteiger partial charge in [0.25, 0.3) is 0 Å². The molecule has 0 amide bonds. The molecule has 0 nitrogen and oxygen atoms in total. The molecule has 0 bridgehead atoms. The van der Waals surface area contributed by atoms with Crippen LogP contribution in [0.4, 0.5) is 0 Å². The Labute approximate surface area is 94.1 Å². The highest BCUT2D eigenvalue weighted by molar-refractivity contribution is 5.05. The molecule has 4 unspecified atom stereocenters. The van der Waals surface area contributed by atoms with Gasteiger partial charge in [-0.1, -0.05) is 24.3 Å². The SMILES string of the molecule is C=CCC1C(C=C)CC(C=C)C1CC=C. The van der Waals surface area contributed by atoms with Crippen LogP contribution in [0, 0.1) is 23.7 Å². The zero-order valence-corrected chi connectivity index (χ0v) is 9.57. The molecular formula is C15H22. The van der Waals surface area contributed by atoms with Gasteiger partial charge in [0.15, 0.2) is 0 Å². The second kappa shape index (κ2) is 5.75. The maximum absolute atomic E-state index is 3.94. The van der Waals surface area contributed by atoms with E-state index in [1.807, 2.05) is 12.2 Å². The third kappa shape index (κ3) is 2.50. The highest BCUT2D eigenvalue weighted by atomic mass is 14.4. The van der Waals surface area contributed by atoms with E-state index in [4.69, 9.17) is 0 Å². The van der Waals surface area contributed by atoms with Gasteiger partial charge in [-0.15, -0.1) is 26.3 Å². The molecule has 0 aromatic rings. The van der Waals surface area contributed by atoms with E-state index in [1.165, 1.54) is 6.42 Å². The zero-order chi connectivity index (χ0) is 11.3. The van der Waals surface area contributed by atoms with Crippen molar-refractivity contribution in [1.29, 1.82) is 0 Å². The molecule has 1 aliphatic rings. The van der Waals surface area contributed by atoms with Crippen molar-refractivity contribution in [3.05, 3.63) is 50.6 Å². The fourth-order valence-corrected chi connectivity index (χ4v) is 2.92. The maximum Gasteiger partial charge on any atom is -0.0196 e. The van der Waals surface area contributed by atoms with Crippen LogP contribution in [-0.4, -0.2) is 0 Å². The summed E-state index contributed by atoms with van der Waals surface area (Å²) in [5.41, 5.74) is 0. The molecule has 0 saturated heterocycles. The molecule has 1 saturated carbocycles. The van der Waals surface area contributed by atoms with E-state index in [9.17, 15) is 0 Å². The highest BCUT2D eigenvalue weighted by Crippen LogP contribution is 2.46. The molecule has 4 atom stereocenters. The van der Waals surface area contributed by atoms with Gasteiger partial charge in [0.1, 0.15) is 0 Å². The molecule has 0 heteroatoms. The molecule has 1 fully saturated rings. The van der Waals surface area contributed by atoms with Crippen molar-refractivity contribution in [2.24, 2.45) is 23.7 Å². The molecule has 0 spiro atoms. The Bertz CT molecular complexity index is 223. The van der Waals surface area contributed by atoms with E-state index in [1.54, 1.807) is 0 Å². The molecule has 82 valence electrons. The van der Waals surface area contributed by atoms with Crippen LogP contribution in [0.25, 0.3) is 0 Å². The van der Waals surface area contributed by atoms with Gasteiger partial charge in [-0.2, -0.15) is 0 Å². The maximum atomic E-state index is 3.94. The van der Waals surface area contributed by atoms with Crippen molar-refractivity contribution in [1.82, 2.24) is 0 Å². The Morgan fingerprint density at radius 3 is 1.47 bits per heavy atom. The molecule has 1 rings (SSSR count). The summed E-state index contributed by atoms with van der Waals surface area (Å²) < 4.78 is 0. The third-order valence-corrected chi connectivity index (χ3v) is 3.68. The van der Waals surface area contributed by atoms with Gasteiger partial charge in [-0.05, 0) is 42.9 Å². The number of allylic oxidation sites excluding steroid dienone is 4. The number of hydrogen-bond donors (Lipinski definition) is 0. The lowest BCUT2D eigenvalue weighted by atomic mass is 9.82. The molecule has 0 N–H and O–H groups in total. The van der Waals surface area contributed by atoms with Crippen molar-refractivity contribution in [2.45, 2.75) is 19.3 Å². The lowest BCUT2D eigenvalue weighted by Crippen LogP contribution is -2.15. The summed E-state index contributed by atoms with van der Waals surface area (Å²) in [4.78, 5) is 0. The fraction of sp³-hybridized carbons (Fsp3) is 0.467. The topological polar surface area (TPSA) is 0 Å². The monoisotopic (exact) mass is 202 g/mol. The summed E-state index contributed by atoms with van der Waals surface area (Å²) in [7, 11) is 0. The van der Waals surface area contributed by atoms with Crippen LogP contribution < -0.4 is 0 Å². The smallest absolute Gasteiger partial charge is 0.0196 e. The van der Waals surface area contributed by atoms with Crippen LogP contribution in [-0.2, 0) is 0 Å². The molecule has 15 heavy (non-hydrogen) atoms. The van der Waals surface area contributed by atoms with Gasteiger partial charge in [-0.3, -0.25) is 0 Å². The first-order valence-electron chi connectivity index (χ1n) is 5.75. The van der Waals surface area contributed by atoms with Gasteiger partial charge >= 0.3 is 0 Å². The van der Waals surface area contributed by atoms with E-state index in [-0.39, 0.29) is 0 Å². The lowest BCUT2D eigenvalue weighted by molar-refractivity contribution is 0.329. The normalized spacial score (nSPS) is 34.7. The van der Waals surface area contributed by atoms with Gasteiger partial charge < -0.3 is 0 Å². The van der Waals surface area contributed by atoms with Crippen molar-refractivity contribution < 1.29 is 0 Å². The van der Waals surface area contributed by atoms with Crippen LogP contribution in [0.15, 0.2) is 50.6 Å². The van der Waals surface area contributed by atoms with Crippen LogP contribution in [0.5, 0.6) is 0 Å². The molecule has 0 radical (unpaired) electrons. The number of hydrogen-bond acceptors (Lipinski definition) is 0. The van der Waals surface area contributed by atoms with Crippen molar-refractivity contribution >= 4 is 0 Å². The molecule has 1 aliphatic carbocycles. The molecule has 0 heterocycles. The minimum atomic E-state index is 0.621. The summed E-state index contributed by atoms with van der Waals surface area (Å²) in [6.45, 7) is 15.6. The molecule has 0 aromatic carbocycles. The highest BCUT2D eigenvalue weighted by Gasteiger charge is 2.38. The Balaban J connectivity index is 2.82. The Morgan fingerprint density at radius 1 is 0.800 bits per heavy atom. The van der Waals surface area contributed by atoms with Crippen LogP contribution in [0.2, 0.25) is 0 Å². The first-order valence-corrected chi connectivity index (χ1v) is 5.75. The number of rotatable bonds is 6. The second-order valence-corrected chi connectivity index (χ2v) is 4.41. The van der Waals surface area contributed by atoms with Gasteiger partial charge in [0.2, 0.25) is 0 Å². The quantitative estimate of drug-likeness (QED) is 0.561. The van der Waals surface area contributed by atoms with Crippen LogP contribution in [0.1, 0.15) is 19.3 Å². The predicted molar refractivity (Wildman–Crippen MR) is 68.6 cm³/mol. The van der Waals surface area contributed by atoms with Gasteiger partial charge in [0.05, 0.1) is 0 Å². The largest absolute Gasteiger partial charge is 0.103 e. The average molecular weight is 202 g/mol. The van der Waals surface area contributed by atoms with Gasteiger partial charge in [-0.25, -0.2) is 0 Å². The molecule has 0 aliphatic heterocycles. The van der Waals surface area contributed by atoms with Gasteiger partial charge in [0, 0.05) is 0 Å². The first-order chi connectivity index (χ1) is 7.28.